The number of carbonyl (C=O) groups is 2. The first kappa shape index (κ1) is 11.0. The molecule has 0 unspecified atom stereocenters. The highest BCUT2D eigenvalue weighted by molar-refractivity contribution is 5.92. The molecule has 1 aromatic heterocycles. The molecule has 0 saturated heterocycles. The van der Waals surface area contributed by atoms with E-state index in [0.717, 1.165) is 0 Å². The zero-order valence-electron chi connectivity index (χ0n) is 8.07. The van der Waals surface area contributed by atoms with E-state index in [0.29, 0.717) is 5.76 Å². The minimum atomic E-state index is -1.37. The van der Waals surface area contributed by atoms with Gasteiger partial charge in [-0.2, -0.15) is 0 Å². The summed E-state index contributed by atoms with van der Waals surface area (Å²) in [5.74, 6) is 0.125. The third kappa shape index (κ3) is 3.67. The maximum absolute atomic E-state index is 11.3. The van der Waals surface area contributed by atoms with E-state index in [9.17, 15) is 14.7 Å². The average molecular weight is 212 g/mol. The largest absolute Gasteiger partial charge is 0.530 e. The fourth-order valence-corrected chi connectivity index (χ4v) is 0.905. The Kier molecular flexibility index (Phi) is 3.67. The van der Waals surface area contributed by atoms with E-state index < -0.39 is 12.0 Å². The molecule has 0 aliphatic heterocycles. The predicted molar refractivity (Wildman–Crippen MR) is 47.0 cm³/mol. The van der Waals surface area contributed by atoms with Crippen LogP contribution in [0.15, 0.2) is 10.6 Å². The molecule has 0 fully saturated rings. The second kappa shape index (κ2) is 4.99. The fraction of sp³-hybridized carbons (Fsp3) is 0.375. The number of rotatable bonds is 4. The van der Waals surface area contributed by atoms with Crippen molar-refractivity contribution < 1.29 is 19.2 Å². The Hall–Kier alpha value is -2.05. The third-order valence-corrected chi connectivity index (χ3v) is 1.54. The molecular formula is C8H10N3O4-. The van der Waals surface area contributed by atoms with Gasteiger partial charge in [-0.25, -0.2) is 0 Å². The van der Waals surface area contributed by atoms with Gasteiger partial charge in [-0.3, -0.25) is 4.79 Å². The molecule has 1 rings (SSSR count). The number of hydrogen-bond acceptors (Lipinski definition) is 5. The zero-order valence-corrected chi connectivity index (χ0v) is 8.07. The Morgan fingerprint density at radius 1 is 1.47 bits per heavy atom. The molecule has 0 spiro atoms. The summed E-state index contributed by atoms with van der Waals surface area (Å²) in [5.41, 5.74) is 0.168. The van der Waals surface area contributed by atoms with Crippen molar-refractivity contribution in [1.82, 2.24) is 15.8 Å². The first-order chi connectivity index (χ1) is 7.09. The van der Waals surface area contributed by atoms with Crippen molar-refractivity contribution in [3.8, 4) is 0 Å². The zero-order chi connectivity index (χ0) is 11.3. The standard InChI is InChI=1S/C8H11N3O4/c1-5-4-6(11-15-5)7(12)9-2-3-10-8(13)14/h4,10H,2-3H2,1H3,(H,9,12)(H,13,14)/p-1. The molecule has 2 N–H and O–H groups in total. The lowest BCUT2D eigenvalue weighted by Gasteiger charge is -2.06. The van der Waals surface area contributed by atoms with Crippen molar-refractivity contribution in [2.24, 2.45) is 0 Å². The van der Waals surface area contributed by atoms with Crippen LogP contribution < -0.4 is 15.7 Å². The summed E-state index contributed by atoms with van der Waals surface area (Å²) >= 11 is 0. The number of amides is 2. The molecule has 7 heteroatoms. The van der Waals surface area contributed by atoms with Crippen LogP contribution >= 0.6 is 0 Å². The van der Waals surface area contributed by atoms with Gasteiger partial charge in [0.15, 0.2) is 5.69 Å². The van der Waals surface area contributed by atoms with Crippen LogP contribution in [0.3, 0.4) is 0 Å². The van der Waals surface area contributed by atoms with Gasteiger partial charge in [-0.1, -0.05) is 5.16 Å². The number of aromatic nitrogens is 1. The molecule has 82 valence electrons. The summed E-state index contributed by atoms with van der Waals surface area (Å²) in [6.45, 7) is 1.92. The molecular weight excluding hydrogens is 202 g/mol. The van der Waals surface area contributed by atoms with Crippen molar-refractivity contribution in [2.75, 3.05) is 13.1 Å². The maximum atomic E-state index is 11.3. The monoisotopic (exact) mass is 212 g/mol. The Morgan fingerprint density at radius 2 is 2.13 bits per heavy atom. The lowest BCUT2D eigenvalue weighted by atomic mass is 10.3. The highest BCUT2D eigenvalue weighted by Gasteiger charge is 2.09. The smallest absolute Gasteiger partial charge is 0.273 e. The van der Waals surface area contributed by atoms with E-state index in [1.165, 1.54) is 6.07 Å². The Balaban J connectivity index is 2.28. The van der Waals surface area contributed by atoms with Crippen molar-refractivity contribution in [3.05, 3.63) is 17.5 Å². The fourth-order valence-electron chi connectivity index (χ4n) is 0.905. The van der Waals surface area contributed by atoms with E-state index in [4.69, 9.17) is 4.52 Å². The van der Waals surface area contributed by atoms with Gasteiger partial charge in [0.2, 0.25) is 0 Å². The number of hydrogen-bond donors (Lipinski definition) is 2. The van der Waals surface area contributed by atoms with Crippen LogP contribution in [0.2, 0.25) is 0 Å². The van der Waals surface area contributed by atoms with Crippen LogP contribution in [0, 0.1) is 6.92 Å². The van der Waals surface area contributed by atoms with E-state index in [1.807, 2.05) is 5.32 Å². The topological polar surface area (TPSA) is 107 Å². The van der Waals surface area contributed by atoms with Gasteiger partial charge in [0.25, 0.3) is 5.91 Å². The van der Waals surface area contributed by atoms with Gasteiger partial charge in [0.05, 0.1) is 0 Å². The Labute approximate surface area is 85.4 Å². The summed E-state index contributed by atoms with van der Waals surface area (Å²) < 4.78 is 4.70. The first-order valence-corrected chi connectivity index (χ1v) is 4.26. The molecule has 1 heterocycles. The summed E-state index contributed by atoms with van der Waals surface area (Å²) in [6.07, 6.45) is -1.37. The van der Waals surface area contributed by atoms with E-state index in [-0.39, 0.29) is 18.8 Å². The molecule has 7 nitrogen and oxygen atoms in total. The number of nitrogens with one attached hydrogen (secondary N) is 2. The quantitative estimate of drug-likeness (QED) is 0.600. The van der Waals surface area contributed by atoms with Crippen LogP contribution in [-0.4, -0.2) is 30.2 Å². The van der Waals surface area contributed by atoms with Gasteiger partial charge < -0.3 is 25.1 Å². The lowest BCUT2D eigenvalue weighted by Crippen LogP contribution is -2.41. The molecule has 15 heavy (non-hydrogen) atoms. The van der Waals surface area contributed by atoms with Crippen LogP contribution in [0.1, 0.15) is 16.2 Å². The van der Waals surface area contributed by atoms with Gasteiger partial charge in [0, 0.05) is 19.2 Å². The van der Waals surface area contributed by atoms with E-state index in [2.05, 4.69) is 10.5 Å². The van der Waals surface area contributed by atoms with Crippen LogP contribution in [0.4, 0.5) is 4.79 Å². The summed E-state index contributed by atoms with van der Waals surface area (Å²) in [6, 6.07) is 1.49. The second-order valence-corrected chi connectivity index (χ2v) is 2.79. The molecule has 0 radical (unpaired) electrons. The van der Waals surface area contributed by atoms with Gasteiger partial charge >= 0.3 is 0 Å². The van der Waals surface area contributed by atoms with Crippen LogP contribution in [0.5, 0.6) is 0 Å². The Bertz CT molecular complexity index is 361. The molecule has 0 atom stereocenters. The summed E-state index contributed by atoms with van der Waals surface area (Å²) in [4.78, 5) is 21.2. The first-order valence-electron chi connectivity index (χ1n) is 4.26. The molecule has 0 aliphatic carbocycles. The summed E-state index contributed by atoms with van der Waals surface area (Å²) in [5, 5.41) is 17.9. The van der Waals surface area contributed by atoms with Crippen LogP contribution in [0.25, 0.3) is 0 Å². The van der Waals surface area contributed by atoms with Crippen molar-refractivity contribution in [2.45, 2.75) is 6.92 Å². The average Bonchev–Trinajstić information content (AvgIpc) is 2.59. The maximum Gasteiger partial charge on any atom is 0.273 e. The molecule has 0 bridgehead atoms. The number of aryl methyl sites for hydroxylation is 1. The molecule has 0 saturated carbocycles. The van der Waals surface area contributed by atoms with E-state index in [1.54, 1.807) is 6.92 Å². The van der Waals surface area contributed by atoms with Gasteiger partial charge in [0.1, 0.15) is 11.9 Å². The molecule has 1 aromatic rings. The highest BCUT2D eigenvalue weighted by Crippen LogP contribution is 2.00. The van der Waals surface area contributed by atoms with Gasteiger partial charge in [-0.15, -0.1) is 0 Å². The van der Waals surface area contributed by atoms with Crippen molar-refractivity contribution in [3.63, 3.8) is 0 Å². The highest BCUT2D eigenvalue weighted by atomic mass is 16.5. The van der Waals surface area contributed by atoms with Gasteiger partial charge in [-0.05, 0) is 6.92 Å². The second-order valence-electron chi connectivity index (χ2n) is 2.79. The predicted octanol–water partition coefficient (Wildman–Crippen LogP) is -1.35. The number of nitrogens with zero attached hydrogens (tertiary/aromatic N) is 1. The van der Waals surface area contributed by atoms with Crippen LogP contribution in [-0.2, 0) is 0 Å². The molecule has 2 amide bonds. The van der Waals surface area contributed by atoms with Crippen molar-refractivity contribution >= 4 is 12.0 Å². The number of carbonyl (C=O) groups excluding carboxylic acids is 2. The third-order valence-electron chi connectivity index (χ3n) is 1.54. The SMILES string of the molecule is Cc1cc(C(=O)NCCNC(=O)[O-])no1. The van der Waals surface area contributed by atoms with Crippen molar-refractivity contribution in [1.29, 1.82) is 0 Å². The minimum absolute atomic E-state index is 0.0882. The van der Waals surface area contributed by atoms with E-state index >= 15 is 0 Å². The minimum Gasteiger partial charge on any atom is -0.530 e. The Morgan fingerprint density at radius 3 is 2.67 bits per heavy atom. The molecule has 0 aromatic carbocycles. The lowest BCUT2D eigenvalue weighted by molar-refractivity contribution is -0.250. The normalized spacial score (nSPS) is 9.67. The molecule has 0 aliphatic rings. The number of carboxylic acid groups (broad SMARTS) is 1. The summed E-state index contributed by atoms with van der Waals surface area (Å²) in [7, 11) is 0.